The molecule has 0 saturated carbocycles. The standard InChI is InChI=1S/C13H24N4/c1-3-16-11-8-15-13(16)17-9-5-12(6-10-17)4-7-14-2/h8,11-12,14H,3-7,9-10H2,1-2H3. The van der Waals surface area contributed by atoms with Crippen LogP contribution < -0.4 is 10.2 Å². The minimum absolute atomic E-state index is 0.892. The van der Waals surface area contributed by atoms with Gasteiger partial charge in [0.2, 0.25) is 5.95 Å². The third-order valence-electron chi connectivity index (χ3n) is 3.73. The van der Waals surface area contributed by atoms with Crippen LogP contribution in [-0.4, -0.2) is 36.2 Å². The Morgan fingerprint density at radius 3 is 2.82 bits per heavy atom. The van der Waals surface area contributed by atoms with Crippen molar-refractivity contribution < 1.29 is 0 Å². The maximum atomic E-state index is 4.47. The summed E-state index contributed by atoms with van der Waals surface area (Å²) in [7, 11) is 2.03. The summed E-state index contributed by atoms with van der Waals surface area (Å²) in [4.78, 5) is 6.90. The average Bonchev–Trinajstić information content (AvgIpc) is 2.85. The quantitative estimate of drug-likeness (QED) is 0.845. The maximum Gasteiger partial charge on any atom is 0.205 e. The highest BCUT2D eigenvalue weighted by molar-refractivity contribution is 5.31. The van der Waals surface area contributed by atoms with Crippen molar-refractivity contribution in [2.24, 2.45) is 5.92 Å². The van der Waals surface area contributed by atoms with Crippen LogP contribution in [0.4, 0.5) is 5.95 Å². The molecule has 1 N–H and O–H groups in total. The summed E-state index contributed by atoms with van der Waals surface area (Å²) >= 11 is 0. The van der Waals surface area contributed by atoms with Crippen LogP contribution in [0.2, 0.25) is 0 Å². The molecule has 4 nitrogen and oxygen atoms in total. The van der Waals surface area contributed by atoms with E-state index in [0.717, 1.165) is 38.0 Å². The first-order chi connectivity index (χ1) is 8.35. The lowest BCUT2D eigenvalue weighted by Gasteiger charge is -2.32. The van der Waals surface area contributed by atoms with Gasteiger partial charge in [-0.3, -0.25) is 0 Å². The SMILES string of the molecule is CCn1ccnc1N1CCC(CCNC)CC1. The first-order valence-electron chi connectivity index (χ1n) is 6.75. The van der Waals surface area contributed by atoms with E-state index in [1.807, 2.05) is 13.2 Å². The fourth-order valence-electron chi connectivity index (χ4n) is 2.60. The average molecular weight is 236 g/mol. The summed E-state index contributed by atoms with van der Waals surface area (Å²) in [5, 5.41) is 3.24. The Bertz CT molecular complexity index is 326. The number of hydrogen-bond donors (Lipinski definition) is 1. The highest BCUT2D eigenvalue weighted by atomic mass is 15.3. The van der Waals surface area contributed by atoms with E-state index in [2.05, 4.69) is 32.9 Å². The molecule has 0 aromatic carbocycles. The van der Waals surface area contributed by atoms with E-state index in [-0.39, 0.29) is 0 Å². The molecule has 17 heavy (non-hydrogen) atoms. The van der Waals surface area contributed by atoms with Crippen molar-refractivity contribution in [1.82, 2.24) is 14.9 Å². The number of nitrogens with zero attached hydrogens (tertiary/aromatic N) is 3. The van der Waals surface area contributed by atoms with Gasteiger partial charge in [-0.2, -0.15) is 0 Å². The van der Waals surface area contributed by atoms with Crippen molar-refractivity contribution in [3.63, 3.8) is 0 Å². The lowest BCUT2D eigenvalue weighted by Crippen LogP contribution is -2.36. The highest BCUT2D eigenvalue weighted by Crippen LogP contribution is 2.23. The molecule has 1 aromatic heterocycles. The third kappa shape index (κ3) is 3.00. The van der Waals surface area contributed by atoms with Crippen LogP contribution in [-0.2, 0) is 6.54 Å². The summed E-state index contributed by atoms with van der Waals surface area (Å²) in [5.41, 5.74) is 0. The van der Waals surface area contributed by atoms with Gasteiger partial charge in [0.25, 0.3) is 0 Å². The van der Waals surface area contributed by atoms with Gasteiger partial charge in [0.05, 0.1) is 0 Å². The highest BCUT2D eigenvalue weighted by Gasteiger charge is 2.21. The number of nitrogens with one attached hydrogen (secondary N) is 1. The van der Waals surface area contributed by atoms with Crippen molar-refractivity contribution in [3.8, 4) is 0 Å². The Morgan fingerprint density at radius 1 is 1.41 bits per heavy atom. The van der Waals surface area contributed by atoms with Gasteiger partial charge in [-0.25, -0.2) is 4.98 Å². The van der Waals surface area contributed by atoms with Crippen LogP contribution in [0.5, 0.6) is 0 Å². The molecule has 1 aliphatic heterocycles. The monoisotopic (exact) mass is 236 g/mol. The van der Waals surface area contributed by atoms with Crippen molar-refractivity contribution in [2.75, 3.05) is 31.6 Å². The Morgan fingerprint density at radius 2 is 2.18 bits per heavy atom. The Kier molecular flexibility index (Phi) is 4.42. The van der Waals surface area contributed by atoms with E-state index in [1.54, 1.807) is 0 Å². The molecule has 4 heteroatoms. The van der Waals surface area contributed by atoms with Crippen LogP contribution in [0.25, 0.3) is 0 Å². The number of piperidine rings is 1. The molecular weight excluding hydrogens is 212 g/mol. The van der Waals surface area contributed by atoms with E-state index in [1.165, 1.54) is 19.3 Å². The minimum Gasteiger partial charge on any atom is -0.342 e. The second kappa shape index (κ2) is 6.05. The summed E-state index contributed by atoms with van der Waals surface area (Å²) in [6.45, 7) is 6.64. The van der Waals surface area contributed by atoms with Gasteiger partial charge in [-0.05, 0) is 45.7 Å². The molecule has 0 atom stereocenters. The Hall–Kier alpha value is -1.03. The minimum atomic E-state index is 0.892. The van der Waals surface area contributed by atoms with E-state index < -0.39 is 0 Å². The van der Waals surface area contributed by atoms with Gasteiger partial charge in [0, 0.05) is 32.0 Å². The molecule has 1 saturated heterocycles. The van der Waals surface area contributed by atoms with Gasteiger partial charge < -0.3 is 14.8 Å². The molecule has 2 rings (SSSR count). The first-order valence-corrected chi connectivity index (χ1v) is 6.75. The van der Waals surface area contributed by atoms with Gasteiger partial charge in [0.1, 0.15) is 0 Å². The summed E-state index contributed by atoms with van der Waals surface area (Å²) in [6.07, 6.45) is 7.90. The normalized spacial score (nSPS) is 17.6. The smallest absolute Gasteiger partial charge is 0.205 e. The van der Waals surface area contributed by atoms with Crippen molar-refractivity contribution in [3.05, 3.63) is 12.4 Å². The number of aryl methyl sites for hydroxylation is 1. The zero-order valence-corrected chi connectivity index (χ0v) is 11.0. The molecule has 0 radical (unpaired) electrons. The molecule has 1 aliphatic rings. The first kappa shape index (κ1) is 12.4. The second-order valence-corrected chi connectivity index (χ2v) is 4.84. The van der Waals surface area contributed by atoms with Crippen molar-refractivity contribution >= 4 is 5.95 Å². The topological polar surface area (TPSA) is 33.1 Å². The maximum absolute atomic E-state index is 4.47. The predicted molar refractivity (Wildman–Crippen MR) is 71.4 cm³/mol. The molecular formula is C13H24N4. The number of anilines is 1. The van der Waals surface area contributed by atoms with Crippen LogP contribution in [0.15, 0.2) is 12.4 Å². The molecule has 0 spiro atoms. The fraction of sp³-hybridized carbons (Fsp3) is 0.769. The molecule has 1 aromatic rings. The molecule has 0 bridgehead atoms. The Labute approximate surface area is 104 Å². The Balaban J connectivity index is 1.86. The van der Waals surface area contributed by atoms with Gasteiger partial charge >= 0.3 is 0 Å². The van der Waals surface area contributed by atoms with E-state index in [9.17, 15) is 0 Å². The van der Waals surface area contributed by atoms with Crippen LogP contribution >= 0.6 is 0 Å². The third-order valence-corrected chi connectivity index (χ3v) is 3.73. The molecule has 0 unspecified atom stereocenters. The van der Waals surface area contributed by atoms with Gasteiger partial charge in [0.15, 0.2) is 0 Å². The largest absolute Gasteiger partial charge is 0.342 e. The fourth-order valence-corrected chi connectivity index (χ4v) is 2.60. The molecule has 0 amide bonds. The number of rotatable bonds is 5. The summed E-state index contributed by atoms with van der Waals surface area (Å²) < 4.78 is 2.23. The number of hydrogen-bond acceptors (Lipinski definition) is 3. The zero-order chi connectivity index (χ0) is 12.1. The number of imidazole rings is 1. The number of aromatic nitrogens is 2. The second-order valence-electron chi connectivity index (χ2n) is 4.84. The lowest BCUT2D eigenvalue weighted by molar-refractivity contribution is 0.374. The van der Waals surface area contributed by atoms with E-state index >= 15 is 0 Å². The molecule has 1 fully saturated rings. The zero-order valence-electron chi connectivity index (χ0n) is 11.0. The molecule has 0 aliphatic carbocycles. The summed E-state index contributed by atoms with van der Waals surface area (Å²) in [5.74, 6) is 2.04. The van der Waals surface area contributed by atoms with Crippen molar-refractivity contribution in [2.45, 2.75) is 32.7 Å². The molecule has 96 valence electrons. The summed E-state index contributed by atoms with van der Waals surface area (Å²) in [6, 6.07) is 0. The van der Waals surface area contributed by atoms with Crippen molar-refractivity contribution in [1.29, 1.82) is 0 Å². The van der Waals surface area contributed by atoms with Crippen LogP contribution in [0.1, 0.15) is 26.2 Å². The van der Waals surface area contributed by atoms with Gasteiger partial charge in [-0.1, -0.05) is 0 Å². The van der Waals surface area contributed by atoms with E-state index in [4.69, 9.17) is 0 Å². The lowest BCUT2D eigenvalue weighted by atomic mass is 9.94. The van der Waals surface area contributed by atoms with Crippen LogP contribution in [0, 0.1) is 5.92 Å². The van der Waals surface area contributed by atoms with Crippen LogP contribution in [0.3, 0.4) is 0 Å². The predicted octanol–water partition coefficient (Wildman–Crippen LogP) is 1.73. The molecule has 2 heterocycles. The van der Waals surface area contributed by atoms with Gasteiger partial charge in [-0.15, -0.1) is 0 Å². The van der Waals surface area contributed by atoms with E-state index in [0.29, 0.717) is 0 Å².